The minimum absolute atomic E-state index is 0.101. The van der Waals surface area contributed by atoms with E-state index in [0.717, 1.165) is 17.5 Å². The summed E-state index contributed by atoms with van der Waals surface area (Å²) in [7, 11) is 0. The summed E-state index contributed by atoms with van der Waals surface area (Å²) in [6.07, 6.45) is 0.844. The van der Waals surface area contributed by atoms with Crippen LogP contribution in [-0.4, -0.2) is 31.4 Å². The first-order valence-electron chi connectivity index (χ1n) is 9.53. The Morgan fingerprint density at radius 3 is 2.53 bits per heavy atom. The number of pyridine rings is 1. The van der Waals surface area contributed by atoms with Gasteiger partial charge in [0.1, 0.15) is 10.7 Å². The number of Topliss-reactive ketones (excluding diaryl/α,β-unsaturated/α-hetero) is 1. The van der Waals surface area contributed by atoms with E-state index in [4.69, 9.17) is 11.6 Å². The van der Waals surface area contributed by atoms with Gasteiger partial charge in [-0.15, -0.1) is 11.3 Å². The first-order valence-corrected chi connectivity index (χ1v) is 10.7. The number of hydrogen-bond donors (Lipinski definition) is 1. The Kier molecular flexibility index (Phi) is 6.99. The summed E-state index contributed by atoms with van der Waals surface area (Å²) in [5.74, 6) is -1.31. The van der Waals surface area contributed by atoms with Gasteiger partial charge in [0.25, 0.3) is 5.91 Å². The summed E-state index contributed by atoms with van der Waals surface area (Å²) in [4.78, 5) is 33.0. The number of alkyl halides is 3. The van der Waals surface area contributed by atoms with Crippen LogP contribution < -0.4 is 5.32 Å². The molecular formula is C20H19ClF3N5O2S. The van der Waals surface area contributed by atoms with E-state index in [1.807, 2.05) is 20.8 Å². The van der Waals surface area contributed by atoms with E-state index in [9.17, 15) is 22.8 Å². The zero-order chi connectivity index (χ0) is 23.6. The van der Waals surface area contributed by atoms with Crippen LogP contribution in [0, 0.1) is 0 Å². The maximum atomic E-state index is 13.0. The highest BCUT2D eigenvalue weighted by molar-refractivity contribution is 7.13. The van der Waals surface area contributed by atoms with Crippen molar-refractivity contribution in [3.8, 4) is 0 Å². The second-order valence-corrected chi connectivity index (χ2v) is 8.86. The van der Waals surface area contributed by atoms with E-state index in [2.05, 4.69) is 20.4 Å². The van der Waals surface area contributed by atoms with Crippen molar-refractivity contribution in [2.75, 3.05) is 5.32 Å². The van der Waals surface area contributed by atoms with Crippen molar-refractivity contribution in [2.24, 2.45) is 0 Å². The smallest absolute Gasteiger partial charge is 0.306 e. The predicted octanol–water partition coefficient (Wildman–Crippen LogP) is 5.62. The normalized spacial score (nSPS) is 12.8. The number of halogens is 4. The van der Waals surface area contributed by atoms with Gasteiger partial charge in [-0.05, 0) is 19.9 Å². The summed E-state index contributed by atoms with van der Waals surface area (Å²) in [5.41, 5.74) is -0.600. The van der Waals surface area contributed by atoms with Crippen LogP contribution in [0.3, 0.4) is 0 Å². The van der Waals surface area contributed by atoms with Crippen molar-refractivity contribution in [3.63, 3.8) is 0 Å². The molecule has 0 spiro atoms. The van der Waals surface area contributed by atoms with E-state index in [1.165, 1.54) is 12.4 Å². The number of amides is 1. The minimum atomic E-state index is -4.68. The molecule has 0 aliphatic rings. The highest BCUT2D eigenvalue weighted by Gasteiger charge is 2.34. The first-order chi connectivity index (χ1) is 15.0. The van der Waals surface area contributed by atoms with Gasteiger partial charge in [-0.25, -0.2) is 9.97 Å². The summed E-state index contributed by atoms with van der Waals surface area (Å²) in [6.45, 7) is 5.71. The van der Waals surface area contributed by atoms with Crippen molar-refractivity contribution in [1.82, 2.24) is 19.7 Å². The van der Waals surface area contributed by atoms with Crippen molar-refractivity contribution in [1.29, 1.82) is 0 Å². The van der Waals surface area contributed by atoms with E-state index in [1.54, 1.807) is 10.9 Å². The number of carbonyl (C=O) groups excluding carboxylic acids is 2. The topological polar surface area (TPSA) is 89.8 Å². The van der Waals surface area contributed by atoms with Gasteiger partial charge in [-0.2, -0.15) is 18.3 Å². The molecule has 0 aliphatic carbocycles. The zero-order valence-electron chi connectivity index (χ0n) is 17.3. The molecule has 3 rings (SSSR count). The monoisotopic (exact) mass is 485 g/mol. The van der Waals surface area contributed by atoms with Gasteiger partial charge < -0.3 is 5.32 Å². The Hall–Kier alpha value is -2.79. The summed E-state index contributed by atoms with van der Waals surface area (Å²) in [5, 5.41) is 6.46. The second kappa shape index (κ2) is 9.37. The zero-order valence-corrected chi connectivity index (χ0v) is 18.8. The molecule has 0 saturated heterocycles. The Bertz CT molecular complexity index is 1140. The van der Waals surface area contributed by atoms with Gasteiger partial charge >= 0.3 is 6.18 Å². The minimum Gasteiger partial charge on any atom is -0.306 e. The van der Waals surface area contributed by atoms with E-state index >= 15 is 0 Å². The van der Waals surface area contributed by atoms with Gasteiger partial charge in [-0.3, -0.25) is 14.3 Å². The van der Waals surface area contributed by atoms with Crippen LogP contribution in [0.25, 0.3) is 0 Å². The largest absolute Gasteiger partial charge is 0.418 e. The molecule has 1 N–H and O–H groups in total. The molecule has 1 atom stereocenters. The lowest BCUT2D eigenvalue weighted by Gasteiger charge is -2.10. The fraction of sp³-hybridized carbons (Fsp3) is 0.350. The van der Waals surface area contributed by atoms with Crippen molar-refractivity contribution < 1.29 is 22.8 Å². The number of hydrogen-bond acceptors (Lipinski definition) is 6. The lowest BCUT2D eigenvalue weighted by Crippen LogP contribution is -2.13. The number of carbonyl (C=O) groups is 2. The first kappa shape index (κ1) is 23.9. The van der Waals surface area contributed by atoms with Crippen LogP contribution in [0.2, 0.25) is 5.02 Å². The summed E-state index contributed by atoms with van der Waals surface area (Å²) >= 11 is 6.60. The Labute approximate surface area is 190 Å². The molecule has 0 aromatic carbocycles. The SMILES string of the molecule is CC(C)n1cc(C(=O)C[C@H](C)c2ncc(C(=O)Nc3cc(C(F)(F)F)c(Cl)cn3)s2)cn1. The number of rotatable bonds is 7. The molecule has 32 heavy (non-hydrogen) atoms. The third-order valence-corrected chi connectivity index (χ3v) is 6.04. The molecule has 12 heteroatoms. The molecule has 3 aromatic heterocycles. The highest BCUT2D eigenvalue weighted by atomic mass is 35.5. The molecule has 1 amide bonds. The number of ketones is 1. The third kappa shape index (κ3) is 5.52. The number of anilines is 1. The Balaban J connectivity index is 1.67. The van der Waals surface area contributed by atoms with Gasteiger partial charge in [0, 0.05) is 30.8 Å². The third-order valence-electron chi connectivity index (χ3n) is 4.52. The maximum Gasteiger partial charge on any atom is 0.418 e. The van der Waals surface area contributed by atoms with Crippen molar-refractivity contribution in [2.45, 2.75) is 45.3 Å². The standard InChI is InChI=1S/C20H19ClF3N5O2S/c1-10(2)29-9-12(6-27-29)15(30)4-11(3)19-26-8-16(32-19)18(31)28-17-5-13(20(22,23)24)14(21)7-25-17/h5-11H,4H2,1-3H3,(H,25,28,31)/t11-/m0/s1. The summed E-state index contributed by atoms with van der Waals surface area (Å²) in [6, 6.07) is 0.803. The molecule has 0 unspecified atom stereocenters. The van der Waals surface area contributed by atoms with Crippen LogP contribution in [0.15, 0.2) is 30.9 Å². The summed E-state index contributed by atoms with van der Waals surface area (Å²) < 4.78 is 40.6. The van der Waals surface area contributed by atoms with E-state index in [0.29, 0.717) is 16.6 Å². The molecule has 7 nitrogen and oxygen atoms in total. The van der Waals surface area contributed by atoms with Crippen LogP contribution in [0.1, 0.15) is 69.8 Å². The lowest BCUT2D eigenvalue weighted by molar-refractivity contribution is -0.137. The number of thiazole rings is 1. The van der Waals surface area contributed by atoms with Crippen LogP contribution in [-0.2, 0) is 6.18 Å². The van der Waals surface area contributed by atoms with Gasteiger partial charge in [0.2, 0.25) is 0 Å². The van der Waals surface area contributed by atoms with Crippen molar-refractivity contribution in [3.05, 3.63) is 56.9 Å². The number of aromatic nitrogens is 4. The fourth-order valence-corrected chi connectivity index (χ4v) is 3.85. The van der Waals surface area contributed by atoms with Crippen LogP contribution in [0.5, 0.6) is 0 Å². The van der Waals surface area contributed by atoms with Gasteiger partial charge in [0.05, 0.1) is 33.6 Å². The maximum absolute atomic E-state index is 13.0. The average molecular weight is 486 g/mol. The molecule has 0 saturated carbocycles. The van der Waals surface area contributed by atoms with Crippen LogP contribution in [0.4, 0.5) is 19.0 Å². The number of nitrogens with zero attached hydrogens (tertiary/aromatic N) is 4. The van der Waals surface area contributed by atoms with Gasteiger partial charge in [0.15, 0.2) is 5.78 Å². The molecule has 3 aromatic rings. The van der Waals surface area contributed by atoms with Crippen LogP contribution >= 0.6 is 22.9 Å². The molecule has 3 heterocycles. The molecule has 0 fully saturated rings. The highest BCUT2D eigenvalue weighted by Crippen LogP contribution is 2.35. The second-order valence-electron chi connectivity index (χ2n) is 7.40. The molecule has 0 aliphatic heterocycles. The quantitative estimate of drug-likeness (QED) is 0.439. The number of nitrogens with one attached hydrogen (secondary N) is 1. The predicted molar refractivity (Wildman–Crippen MR) is 114 cm³/mol. The Morgan fingerprint density at radius 2 is 1.91 bits per heavy atom. The fourth-order valence-electron chi connectivity index (χ4n) is 2.77. The average Bonchev–Trinajstić information content (AvgIpc) is 3.38. The van der Waals surface area contributed by atoms with E-state index in [-0.39, 0.29) is 34.9 Å². The lowest BCUT2D eigenvalue weighted by atomic mass is 10.0. The van der Waals surface area contributed by atoms with E-state index < -0.39 is 22.7 Å². The van der Waals surface area contributed by atoms with Crippen molar-refractivity contribution >= 4 is 40.4 Å². The molecule has 0 bridgehead atoms. The molecule has 170 valence electrons. The molecule has 0 radical (unpaired) electrons. The van der Waals surface area contributed by atoms with Gasteiger partial charge in [-0.1, -0.05) is 18.5 Å². The molecular weight excluding hydrogens is 467 g/mol. The Morgan fingerprint density at radius 1 is 1.19 bits per heavy atom.